The number of aromatic amines is 1. The molecule has 2 heterocycles. The van der Waals surface area contributed by atoms with Crippen LogP contribution in [0.5, 0.6) is 0 Å². The first-order valence-corrected chi connectivity index (χ1v) is 7.12. The van der Waals surface area contributed by atoms with E-state index in [9.17, 15) is 0 Å². The zero-order valence-corrected chi connectivity index (χ0v) is 12.0. The summed E-state index contributed by atoms with van der Waals surface area (Å²) < 4.78 is 2.00. The van der Waals surface area contributed by atoms with E-state index in [2.05, 4.69) is 51.5 Å². The molecule has 21 heavy (non-hydrogen) atoms. The van der Waals surface area contributed by atoms with Crippen LogP contribution in [0.25, 0.3) is 5.69 Å². The number of aromatic nitrogens is 4. The predicted molar refractivity (Wildman–Crippen MR) is 82.3 cm³/mol. The van der Waals surface area contributed by atoms with Gasteiger partial charge < -0.3 is 14.9 Å². The Balaban J connectivity index is 1.56. The number of imidazole rings is 2. The molecule has 0 fully saturated rings. The number of rotatable bonds is 6. The quantitative estimate of drug-likeness (QED) is 0.730. The van der Waals surface area contributed by atoms with Crippen LogP contribution in [0, 0.1) is 0 Å². The van der Waals surface area contributed by atoms with Crippen LogP contribution in [0.2, 0.25) is 0 Å². The molecule has 0 saturated heterocycles. The minimum atomic E-state index is 0.324. The SMILES string of the molecule is CC(NCCc1cnc[nH]1)c1ccc(-n2ccnc2)cc1. The lowest BCUT2D eigenvalue weighted by Crippen LogP contribution is -2.21. The highest BCUT2D eigenvalue weighted by atomic mass is 15.0. The summed E-state index contributed by atoms with van der Waals surface area (Å²) in [5.41, 5.74) is 3.56. The maximum absolute atomic E-state index is 4.06. The molecule has 0 radical (unpaired) electrons. The molecule has 0 spiro atoms. The van der Waals surface area contributed by atoms with Crippen molar-refractivity contribution in [3.8, 4) is 5.69 Å². The Morgan fingerprint density at radius 3 is 2.76 bits per heavy atom. The maximum atomic E-state index is 4.06. The van der Waals surface area contributed by atoms with Gasteiger partial charge in [-0.25, -0.2) is 9.97 Å². The van der Waals surface area contributed by atoms with Crippen molar-refractivity contribution in [1.29, 1.82) is 0 Å². The Hall–Kier alpha value is -2.40. The van der Waals surface area contributed by atoms with Crippen LogP contribution in [-0.4, -0.2) is 26.1 Å². The van der Waals surface area contributed by atoms with Crippen molar-refractivity contribution in [3.63, 3.8) is 0 Å². The maximum Gasteiger partial charge on any atom is 0.0991 e. The molecule has 0 aliphatic heterocycles. The van der Waals surface area contributed by atoms with Gasteiger partial charge in [-0.15, -0.1) is 0 Å². The third-order valence-electron chi connectivity index (χ3n) is 3.60. The molecule has 1 unspecified atom stereocenters. The van der Waals surface area contributed by atoms with E-state index < -0.39 is 0 Å². The fourth-order valence-electron chi connectivity index (χ4n) is 2.31. The zero-order valence-electron chi connectivity index (χ0n) is 12.0. The van der Waals surface area contributed by atoms with Crippen LogP contribution in [0.1, 0.15) is 24.2 Å². The van der Waals surface area contributed by atoms with Crippen molar-refractivity contribution < 1.29 is 0 Å². The molecule has 3 aromatic rings. The van der Waals surface area contributed by atoms with Gasteiger partial charge in [-0.3, -0.25) is 0 Å². The smallest absolute Gasteiger partial charge is 0.0991 e. The second-order valence-electron chi connectivity index (χ2n) is 5.06. The van der Waals surface area contributed by atoms with Gasteiger partial charge in [0.15, 0.2) is 0 Å². The first kappa shape index (κ1) is 13.6. The summed E-state index contributed by atoms with van der Waals surface area (Å²) >= 11 is 0. The summed E-state index contributed by atoms with van der Waals surface area (Å²) in [7, 11) is 0. The lowest BCUT2D eigenvalue weighted by atomic mass is 10.1. The molecule has 5 nitrogen and oxygen atoms in total. The number of hydrogen-bond donors (Lipinski definition) is 2. The molecule has 0 aliphatic rings. The normalized spacial score (nSPS) is 12.4. The van der Waals surface area contributed by atoms with Crippen LogP contribution in [-0.2, 0) is 6.42 Å². The Kier molecular flexibility index (Phi) is 4.12. The number of nitrogens with zero attached hydrogens (tertiary/aromatic N) is 3. The molecule has 1 atom stereocenters. The van der Waals surface area contributed by atoms with Crippen molar-refractivity contribution in [2.24, 2.45) is 0 Å². The Morgan fingerprint density at radius 1 is 1.24 bits per heavy atom. The summed E-state index contributed by atoms with van der Waals surface area (Å²) in [6.45, 7) is 3.10. The second-order valence-corrected chi connectivity index (χ2v) is 5.06. The van der Waals surface area contributed by atoms with Crippen molar-refractivity contribution >= 4 is 0 Å². The molecular formula is C16H19N5. The van der Waals surface area contributed by atoms with Crippen molar-refractivity contribution in [2.45, 2.75) is 19.4 Å². The van der Waals surface area contributed by atoms with Gasteiger partial charge >= 0.3 is 0 Å². The fraction of sp³-hybridized carbons (Fsp3) is 0.250. The van der Waals surface area contributed by atoms with E-state index in [4.69, 9.17) is 0 Å². The van der Waals surface area contributed by atoms with Gasteiger partial charge in [-0.05, 0) is 24.6 Å². The molecule has 0 saturated carbocycles. The van der Waals surface area contributed by atoms with Gasteiger partial charge in [0.05, 0.1) is 12.7 Å². The van der Waals surface area contributed by atoms with Gasteiger partial charge in [0.2, 0.25) is 0 Å². The van der Waals surface area contributed by atoms with E-state index in [-0.39, 0.29) is 0 Å². The van der Waals surface area contributed by atoms with Gasteiger partial charge in [0, 0.05) is 49.0 Å². The lowest BCUT2D eigenvalue weighted by molar-refractivity contribution is 0.574. The van der Waals surface area contributed by atoms with Gasteiger partial charge in [-0.2, -0.15) is 0 Å². The molecule has 1 aromatic carbocycles. The summed E-state index contributed by atoms with van der Waals surface area (Å²) in [5.74, 6) is 0. The molecule has 0 amide bonds. The Bertz CT molecular complexity index is 641. The number of hydrogen-bond acceptors (Lipinski definition) is 3. The van der Waals surface area contributed by atoms with E-state index >= 15 is 0 Å². The topological polar surface area (TPSA) is 58.5 Å². The lowest BCUT2D eigenvalue weighted by Gasteiger charge is -2.14. The highest BCUT2D eigenvalue weighted by molar-refractivity contribution is 5.35. The van der Waals surface area contributed by atoms with Gasteiger partial charge in [-0.1, -0.05) is 12.1 Å². The fourth-order valence-corrected chi connectivity index (χ4v) is 2.31. The van der Waals surface area contributed by atoms with Crippen LogP contribution in [0.3, 0.4) is 0 Å². The first-order valence-electron chi connectivity index (χ1n) is 7.12. The van der Waals surface area contributed by atoms with Crippen LogP contribution in [0.15, 0.2) is 55.5 Å². The van der Waals surface area contributed by atoms with Crippen LogP contribution in [0.4, 0.5) is 0 Å². The third-order valence-corrected chi connectivity index (χ3v) is 3.60. The summed E-state index contributed by atoms with van der Waals surface area (Å²) in [6.07, 6.45) is 10.1. The van der Waals surface area contributed by atoms with E-state index in [1.807, 2.05) is 17.0 Å². The molecule has 5 heteroatoms. The van der Waals surface area contributed by atoms with Gasteiger partial charge in [0.25, 0.3) is 0 Å². The predicted octanol–water partition coefficient (Wildman–Crippen LogP) is 2.49. The number of benzene rings is 1. The average Bonchev–Trinajstić information content (AvgIpc) is 3.21. The minimum Gasteiger partial charge on any atom is -0.348 e. The molecule has 0 bridgehead atoms. The van der Waals surface area contributed by atoms with Crippen molar-refractivity contribution in [1.82, 2.24) is 24.8 Å². The first-order chi connectivity index (χ1) is 10.3. The highest BCUT2D eigenvalue weighted by Gasteiger charge is 2.05. The summed E-state index contributed by atoms with van der Waals surface area (Å²) in [5, 5.41) is 3.52. The molecule has 2 N–H and O–H groups in total. The van der Waals surface area contributed by atoms with Gasteiger partial charge in [0.1, 0.15) is 0 Å². The summed E-state index contributed by atoms with van der Waals surface area (Å²) in [4.78, 5) is 11.2. The van der Waals surface area contributed by atoms with Crippen molar-refractivity contribution in [2.75, 3.05) is 6.54 Å². The molecule has 3 rings (SSSR count). The van der Waals surface area contributed by atoms with E-state index in [0.717, 1.165) is 24.3 Å². The molecular weight excluding hydrogens is 262 g/mol. The molecule has 0 aliphatic carbocycles. The molecule has 108 valence electrons. The van der Waals surface area contributed by atoms with E-state index in [0.29, 0.717) is 6.04 Å². The summed E-state index contributed by atoms with van der Waals surface area (Å²) in [6, 6.07) is 8.87. The second kappa shape index (κ2) is 6.37. The Labute approximate surface area is 124 Å². The monoisotopic (exact) mass is 281 g/mol. The zero-order chi connectivity index (χ0) is 14.5. The van der Waals surface area contributed by atoms with Crippen molar-refractivity contribution in [3.05, 3.63) is 66.8 Å². The van der Waals surface area contributed by atoms with E-state index in [1.54, 1.807) is 18.9 Å². The number of H-pyrrole nitrogens is 1. The largest absolute Gasteiger partial charge is 0.348 e. The van der Waals surface area contributed by atoms with Crippen LogP contribution >= 0.6 is 0 Å². The average molecular weight is 281 g/mol. The number of nitrogens with one attached hydrogen (secondary N) is 2. The van der Waals surface area contributed by atoms with Crippen LogP contribution < -0.4 is 5.32 Å². The highest BCUT2D eigenvalue weighted by Crippen LogP contribution is 2.15. The third kappa shape index (κ3) is 3.38. The van der Waals surface area contributed by atoms with E-state index in [1.165, 1.54) is 5.56 Å². The minimum absolute atomic E-state index is 0.324. The molecule has 2 aromatic heterocycles. The standard InChI is InChI=1S/C16H19N5/c1-13(19-7-6-15-10-18-11-20-15)14-2-4-16(5-3-14)21-9-8-17-12-21/h2-5,8-13,19H,6-7H2,1H3,(H,18,20). The Morgan fingerprint density at radius 2 is 2.10 bits per heavy atom.